The first-order valence-corrected chi connectivity index (χ1v) is 10.1. The summed E-state index contributed by atoms with van der Waals surface area (Å²) in [6, 6.07) is 2.16. The van der Waals surface area contributed by atoms with Crippen molar-refractivity contribution in [1.82, 2.24) is 24.7 Å². The van der Waals surface area contributed by atoms with Gasteiger partial charge in [0.1, 0.15) is 0 Å². The molecule has 2 aromatic rings. The maximum Gasteiger partial charge on any atom is 0.179 e. The largest absolute Gasteiger partial charge is 0.368 e. The molecule has 0 bridgehead atoms. The lowest BCUT2D eigenvalue weighted by Crippen LogP contribution is -2.48. The molecule has 6 heteroatoms. The van der Waals surface area contributed by atoms with Crippen molar-refractivity contribution < 1.29 is 0 Å². The summed E-state index contributed by atoms with van der Waals surface area (Å²) in [6.45, 7) is 5.83. The summed E-state index contributed by atoms with van der Waals surface area (Å²) < 4.78 is 1.93. The van der Waals surface area contributed by atoms with Crippen LogP contribution in [0.2, 0.25) is 0 Å². The molecule has 134 valence electrons. The molecule has 0 radical (unpaired) electrons. The van der Waals surface area contributed by atoms with Crippen molar-refractivity contribution in [3.63, 3.8) is 0 Å². The third-order valence-corrected chi connectivity index (χ3v) is 6.19. The lowest BCUT2D eigenvalue weighted by Gasteiger charge is -2.38. The Hall–Kier alpha value is -1.69. The van der Waals surface area contributed by atoms with Crippen molar-refractivity contribution in [1.29, 1.82) is 0 Å². The smallest absolute Gasteiger partial charge is 0.179 e. The summed E-state index contributed by atoms with van der Waals surface area (Å²) in [6.07, 6.45) is 11.7. The van der Waals surface area contributed by atoms with Crippen LogP contribution in [0.5, 0.6) is 0 Å². The van der Waals surface area contributed by atoms with Gasteiger partial charge in [-0.1, -0.05) is 19.3 Å². The molecule has 2 aliphatic carbocycles. The summed E-state index contributed by atoms with van der Waals surface area (Å²) >= 11 is 0. The van der Waals surface area contributed by atoms with E-state index in [1.54, 1.807) is 0 Å². The van der Waals surface area contributed by atoms with Gasteiger partial charge in [-0.15, -0.1) is 10.2 Å². The first-order chi connectivity index (χ1) is 12.4. The van der Waals surface area contributed by atoms with Gasteiger partial charge in [-0.3, -0.25) is 4.90 Å². The fourth-order valence-electron chi connectivity index (χ4n) is 4.49. The Labute approximate surface area is 149 Å². The molecule has 0 N–H and O–H groups in total. The van der Waals surface area contributed by atoms with Crippen molar-refractivity contribution in [3.8, 4) is 0 Å². The monoisotopic (exact) mass is 340 g/mol. The van der Waals surface area contributed by atoms with Crippen molar-refractivity contribution in [2.24, 2.45) is 5.92 Å². The van der Waals surface area contributed by atoms with Gasteiger partial charge in [-0.05, 0) is 31.6 Å². The van der Waals surface area contributed by atoms with Gasteiger partial charge in [0.25, 0.3) is 0 Å². The summed E-state index contributed by atoms with van der Waals surface area (Å²) in [5.74, 6) is 2.56. The molecule has 0 spiro atoms. The second-order valence-electron chi connectivity index (χ2n) is 8.11. The molecule has 0 aromatic carbocycles. The van der Waals surface area contributed by atoms with E-state index in [1.807, 2.05) is 10.7 Å². The van der Waals surface area contributed by atoms with Crippen LogP contribution in [-0.4, -0.2) is 57.4 Å². The van der Waals surface area contributed by atoms with Gasteiger partial charge >= 0.3 is 0 Å². The summed E-state index contributed by atoms with van der Waals surface area (Å²) in [4.78, 5) is 5.12. The molecule has 0 amide bonds. The van der Waals surface area contributed by atoms with Crippen LogP contribution in [0.1, 0.15) is 56.7 Å². The highest BCUT2D eigenvalue weighted by Gasteiger charge is 2.29. The quantitative estimate of drug-likeness (QED) is 0.856. The van der Waals surface area contributed by atoms with E-state index in [1.165, 1.54) is 70.3 Å². The zero-order valence-electron chi connectivity index (χ0n) is 15.0. The highest BCUT2D eigenvalue weighted by Crippen LogP contribution is 2.38. The number of hydrogen-bond donors (Lipinski definition) is 0. The average Bonchev–Trinajstić information content (AvgIpc) is 3.42. The molecule has 1 aliphatic heterocycles. The Bertz CT molecular complexity index is 723. The molecule has 3 fully saturated rings. The van der Waals surface area contributed by atoms with Crippen LogP contribution < -0.4 is 4.90 Å². The molecule has 25 heavy (non-hydrogen) atoms. The van der Waals surface area contributed by atoms with Crippen LogP contribution in [0.25, 0.3) is 5.65 Å². The van der Waals surface area contributed by atoms with Gasteiger partial charge in [0.15, 0.2) is 11.5 Å². The normalized spacial score (nSPS) is 23.4. The number of nitrogens with zero attached hydrogens (tertiary/aromatic N) is 6. The van der Waals surface area contributed by atoms with Crippen molar-refractivity contribution in [2.75, 3.05) is 37.6 Å². The van der Waals surface area contributed by atoms with E-state index >= 15 is 0 Å². The second kappa shape index (κ2) is 6.56. The van der Waals surface area contributed by atoms with Crippen molar-refractivity contribution in [2.45, 2.75) is 50.9 Å². The Morgan fingerprint density at radius 2 is 1.72 bits per heavy atom. The van der Waals surface area contributed by atoms with Gasteiger partial charge in [-0.25, -0.2) is 0 Å². The Morgan fingerprint density at radius 3 is 2.48 bits per heavy atom. The average molecular weight is 340 g/mol. The Morgan fingerprint density at radius 1 is 0.920 bits per heavy atom. The van der Waals surface area contributed by atoms with Gasteiger partial charge in [0.05, 0.1) is 11.9 Å². The van der Waals surface area contributed by atoms with Crippen LogP contribution in [0.3, 0.4) is 0 Å². The number of piperazine rings is 1. The Balaban J connectivity index is 1.22. The van der Waals surface area contributed by atoms with E-state index in [0.717, 1.165) is 30.5 Å². The molecular formula is C19H28N6. The summed E-state index contributed by atoms with van der Waals surface area (Å²) in [7, 11) is 0. The highest BCUT2D eigenvalue weighted by atomic mass is 15.4. The van der Waals surface area contributed by atoms with Gasteiger partial charge in [0, 0.05) is 44.7 Å². The third kappa shape index (κ3) is 3.24. The van der Waals surface area contributed by atoms with E-state index in [2.05, 4.69) is 31.2 Å². The lowest BCUT2D eigenvalue weighted by atomic mass is 9.89. The van der Waals surface area contributed by atoms with Crippen LogP contribution in [0, 0.1) is 5.92 Å². The van der Waals surface area contributed by atoms with E-state index in [-0.39, 0.29) is 0 Å². The zero-order chi connectivity index (χ0) is 16.6. The first kappa shape index (κ1) is 15.6. The lowest BCUT2D eigenvalue weighted by molar-refractivity contribution is 0.192. The number of hydrogen-bond acceptors (Lipinski definition) is 5. The molecule has 2 saturated carbocycles. The summed E-state index contributed by atoms with van der Waals surface area (Å²) in [5, 5.41) is 13.3. The molecule has 3 heterocycles. The number of fused-ring (bicyclic) bond motifs is 1. The fraction of sp³-hybridized carbons (Fsp3) is 0.737. The molecule has 2 aromatic heterocycles. The maximum absolute atomic E-state index is 4.63. The van der Waals surface area contributed by atoms with Gasteiger partial charge in [0.2, 0.25) is 0 Å². The van der Waals surface area contributed by atoms with Gasteiger partial charge in [-0.2, -0.15) is 9.61 Å². The standard InChI is InChI=1S/C19H28N6/c1-2-4-15(5-3-1)14-23-8-10-24(11-9-23)17-12-18-21-22-19(16-6-7-16)25(18)20-13-17/h12-13,15-16H,1-11,14H2. The highest BCUT2D eigenvalue weighted by molar-refractivity contribution is 5.54. The van der Waals surface area contributed by atoms with Crippen LogP contribution in [0.15, 0.2) is 12.3 Å². The SMILES string of the molecule is c1nn2c(C3CC3)nnc2cc1N1CCN(CC2CCCCC2)CC1. The molecule has 0 atom stereocenters. The zero-order valence-corrected chi connectivity index (χ0v) is 15.0. The summed E-state index contributed by atoms with van der Waals surface area (Å²) in [5.41, 5.74) is 2.09. The van der Waals surface area contributed by atoms with Crippen molar-refractivity contribution >= 4 is 11.3 Å². The third-order valence-electron chi connectivity index (χ3n) is 6.19. The maximum atomic E-state index is 4.63. The van der Waals surface area contributed by atoms with Gasteiger partial charge < -0.3 is 4.90 Å². The fourth-order valence-corrected chi connectivity index (χ4v) is 4.49. The second-order valence-corrected chi connectivity index (χ2v) is 8.11. The molecule has 6 nitrogen and oxygen atoms in total. The molecule has 3 aliphatic rings. The Kier molecular flexibility index (Phi) is 4.08. The van der Waals surface area contributed by atoms with E-state index in [9.17, 15) is 0 Å². The minimum Gasteiger partial charge on any atom is -0.368 e. The topological polar surface area (TPSA) is 49.6 Å². The predicted molar refractivity (Wildman–Crippen MR) is 98.0 cm³/mol. The number of aromatic nitrogens is 4. The predicted octanol–water partition coefficient (Wildman–Crippen LogP) is 2.70. The van der Waals surface area contributed by atoms with E-state index in [0.29, 0.717) is 5.92 Å². The molecule has 5 rings (SSSR count). The number of rotatable bonds is 4. The first-order valence-electron chi connectivity index (χ1n) is 10.1. The van der Waals surface area contributed by atoms with E-state index < -0.39 is 0 Å². The number of anilines is 1. The molecule has 1 saturated heterocycles. The minimum atomic E-state index is 0.580. The van der Waals surface area contributed by atoms with E-state index in [4.69, 9.17) is 0 Å². The van der Waals surface area contributed by atoms with Crippen LogP contribution in [-0.2, 0) is 0 Å². The van der Waals surface area contributed by atoms with Crippen molar-refractivity contribution in [3.05, 3.63) is 18.1 Å². The van der Waals surface area contributed by atoms with Crippen LogP contribution >= 0.6 is 0 Å². The molecular weight excluding hydrogens is 312 g/mol. The minimum absolute atomic E-state index is 0.580. The molecule has 0 unspecified atom stereocenters. The van der Waals surface area contributed by atoms with Crippen LogP contribution in [0.4, 0.5) is 5.69 Å².